The Morgan fingerprint density at radius 2 is 1.58 bits per heavy atom. The lowest BCUT2D eigenvalue weighted by atomic mass is 9.33. The molecule has 12 nitrogen and oxygen atoms in total. The first-order valence-corrected chi connectivity index (χ1v) is 17.7. The third-order valence-electron chi connectivity index (χ3n) is 15.6. The predicted octanol–water partition coefficient (Wildman–Crippen LogP) is 1.50. The molecule has 48 heavy (non-hydrogen) atoms. The zero-order chi connectivity index (χ0) is 35.6. The molecule has 0 bridgehead atoms. The number of aliphatic hydroxyl groups excluding tert-OH is 6. The standard InChI is InChI=1S/C36H56O12/c1-17-9-12-36(30(45)48-28-25(41)24(40)23(39)20(16-37)47-28)14-13-32(3)18(26(36)35(17,6)46)7-8-21-31(2)15-19(38)27(42)34(5,29(43)44)22(31)10-11-33(21,32)4/h7,17,19-28,37-42,46H,8-16H2,1-6H3,(H,43,44)/t17-,19-,20+,21-,22+,23+,24+,25+,26-,27+,28+,31-,32-,33-,34+,35-,36+/m1/s1. The summed E-state index contributed by atoms with van der Waals surface area (Å²) in [5, 5.41) is 85.9. The number of carbonyl (C=O) groups is 2. The van der Waals surface area contributed by atoms with Crippen LogP contribution in [-0.4, -0.2) is 108 Å². The monoisotopic (exact) mass is 680 g/mol. The average Bonchev–Trinajstić information content (AvgIpc) is 3.02. The van der Waals surface area contributed by atoms with E-state index in [0.29, 0.717) is 44.9 Å². The number of hydrogen-bond donors (Lipinski definition) is 8. The van der Waals surface area contributed by atoms with Gasteiger partial charge in [-0.2, -0.15) is 0 Å². The minimum Gasteiger partial charge on any atom is -0.481 e. The maximum absolute atomic E-state index is 14.5. The zero-order valence-electron chi connectivity index (χ0n) is 29.0. The molecule has 0 spiro atoms. The van der Waals surface area contributed by atoms with Crippen LogP contribution >= 0.6 is 0 Å². The number of esters is 1. The number of carbonyl (C=O) groups excluding carboxylic acids is 1. The van der Waals surface area contributed by atoms with Gasteiger partial charge in [0.25, 0.3) is 0 Å². The SMILES string of the molecule is C[C@@H]1CC[C@]2(C(=O)O[C@@H]3O[C@@H](CO)[C@H](O)[C@H](O)[C@@H]3O)CC[C@]3(C)C(=CC[C@@H]4[C@@]5(C)C[C@@H](O)[C@H](O)[C@@](C)(C(=O)O)[C@H]5CC[C@]43C)[C@@H]2[C@]1(C)O. The van der Waals surface area contributed by atoms with Gasteiger partial charge in [-0.05, 0) is 99.2 Å². The van der Waals surface area contributed by atoms with Crippen molar-refractivity contribution in [3.05, 3.63) is 11.6 Å². The van der Waals surface area contributed by atoms with Crippen LogP contribution in [0.25, 0.3) is 0 Å². The first-order valence-electron chi connectivity index (χ1n) is 17.7. The molecule has 4 saturated carbocycles. The van der Waals surface area contributed by atoms with E-state index in [1.807, 2.05) is 6.92 Å². The van der Waals surface area contributed by atoms with Gasteiger partial charge in [-0.1, -0.05) is 39.3 Å². The van der Waals surface area contributed by atoms with Crippen LogP contribution < -0.4 is 0 Å². The second kappa shape index (κ2) is 11.4. The number of carboxylic acids is 1. The van der Waals surface area contributed by atoms with Crippen molar-refractivity contribution in [2.24, 2.45) is 50.7 Å². The van der Waals surface area contributed by atoms with E-state index < -0.39 is 100 Å². The molecule has 0 amide bonds. The fraction of sp³-hybridized carbons (Fsp3) is 0.889. The highest BCUT2D eigenvalue weighted by Crippen LogP contribution is 2.76. The Kier molecular flexibility index (Phi) is 8.61. The molecule has 0 aromatic rings. The van der Waals surface area contributed by atoms with E-state index in [9.17, 15) is 50.4 Å². The van der Waals surface area contributed by atoms with E-state index in [1.54, 1.807) is 13.8 Å². The van der Waals surface area contributed by atoms with E-state index in [0.717, 1.165) is 5.57 Å². The van der Waals surface area contributed by atoms with E-state index in [-0.39, 0.29) is 24.2 Å². The van der Waals surface area contributed by atoms with Crippen molar-refractivity contribution < 1.29 is 59.9 Å². The fourth-order valence-electron chi connectivity index (χ4n) is 12.3. The summed E-state index contributed by atoms with van der Waals surface area (Å²) in [5.74, 6) is -3.01. The van der Waals surface area contributed by atoms with Crippen LogP contribution in [0.2, 0.25) is 0 Å². The maximum Gasteiger partial charge on any atom is 0.315 e. The summed E-state index contributed by atoms with van der Waals surface area (Å²) < 4.78 is 11.4. The van der Waals surface area contributed by atoms with Crippen LogP contribution in [0.3, 0.4) is 0 Å². The highest BCUT2D eigenvalue weighted by molar-refractivity contribution is 5.79. The summed E-state index contributed by atoms with van der Waals surface area (Å²) in [6, 6.07) is 0. The van der Waals surface area contributed by atoms with Crippen molar-refractivity contribution >= 4 is 11.9 Å². The highest BCUT2D eigenvalue weighted by atomic mass is 16.7. The van der Waals surface area contributed by atoms with Crippen LogP contribution in [0.1, 0.15) is 92.9 Å². The van der Waals surface area contributed by atoms with Gasteiger partial charge in [-0.3, -0.25) is 9.59 Å². The summed E-state index contributed by atoms with van der Waals surface area (Å²) in [6.45, 7) is 11.2. The maximum atomic E-state index is 14.5. The van der Waals surface area contributed by atoms with Gasteiger partial charge < -0.3 is 50.3 Å². The number of aliphatic carboxylic acids is 1. The second-order valence-corrected chi connectivity index (χ2v) is 17.5. The van der Waals surface area contributed by atoms with E-state index in [4.69, 9.17) is 9.47 Å². The summed E-state index contributed by atoms with van der Waals surface area (Å²) in [6.07, 6.45) is -4.43. The first-order chi connectivity index (χ1) is 22.2. The topological polar surface area (TPSA) is 214 Å². The molecule has 0 aromatic heterocycles. The Labute approximate surface area is 282 Å². The normalized spacial score (nSPS) is 56.4. The summed E-state index contributed by atoms with van der Waals surface area (Å²) in [5.41, 5.74) is -4.57. The largest absolute Gasteiger partial charge is 0.481 e. The molecular formula is C36H56O12. The summed E-state index contributed by atoms with van der Waals surface area (Å²) in [4.78, 5) is 27.2. The smallest absolute Gasteiger partial charge is 0.315 e. The van der Waals surface area contributed by atoms with Crippen molar-refractivity contribution in [2.75, 3.05) is 6.61 Å². The van der Waals surface area contributed by atoms with Gasteiger partial charge in [-0.15, -0.1) is 0 Å². The van der Waals surface area contributed by atoms with Gasteiger partial charge in [0.15, 0.2) is 0 Å². The van der Waals surface area contributed by atoms with Crippen molar-refractivity contribution in [1.29, 1.82) is 0 Å². The third-order valence-corrected chi connectivity index (χ3v) is 15.6. The van der Waals surface area contributed by atoms with Gasteiger partial charge in [0.2, 0.25) is 6.29 Å². The Bertz CT molecular complexity index is 1350. The van der Waals surface area contributed by atoms with E-state index >= 15 is 0 Å². The Hall–Kier alpha value is -1.64. The quantitative estimate of drug-likeness (QED) is 0.157. The predicted molar refractivity (Wildman–Crippen MR) is 170 cm³/mol. The van der Waals surface area contributed by atoms with Crippen LogP contribution in [-0.2, 0) is 19.1 Å². The molecule has 6 rings (SSSR count). The molecule has 1 aliphatic heterocycles. The minimum absolute atomic E-state index is 0.0437. The van der Waals surface area contributed by atoms with Crippen molar-refractivity contribution in [3.63, 3.8) is 0 Å². The van der Waals surface area contributed by atoms with Crippen LogP contribution in [0.5, 0.6) is 0 Å². The van der Waals surface area contributed by atoms with Gasteiger partial charge in [0, 0.05) is 5.92 Å². The molecule has 0 aromatic carbocycles. The number of aliphatic hydroxyl groups is 7. The molecule has 1 heterocycles. The highest BCUT2D eigenvalue weighted by Gasteiger charge is 2.73. The number of hydrogen-bond acceptors (Lipinski definition) is 11. The van der Waals surface area contributed by atoms with Crippen LogP contribution in [0.15, 0.2) is 11.6 Å². The van der Waals surface area contributed by atoms with Gasteiger partial charge >= 0.3 is 11.9 Å². The Balaban J connectivity index is 1.41. The zero-order valence-corrected chi connectivity index (χ0v) is 29.0. The van der Waals surface area contributed by atoms with Gasteiger partial charge in [0.05, 0.1) is 35.2 Å². The van der Waals surface area contributed by atoms with Crippen molar-refractivity contribution in [3.8, 4) is 0 Å². The molecule has 0 unspecified atom stereocenters. The van der Waals surface area contributed by atoms with Gasteiger partial charge in [-0.25, -0.2) is 0 Å². The molecular weight excluding hydrogens is 624 g/mol. The second-order valence-electron chi connectivity index (χ2n) is 17.5. The fourth-order valence-corrected chi connectivity index (χ4v) is 12.3. The molecule has 17 atom stereocenters. The van der Waals surface area contributed by atoms with Crippen LogP contribution in [0.4, 0.5) is 0 Å². The molecule has 6 aliphatic rings. The lowest BCUT2D eigenvalue weighted by Crippen LogP contribution is -2.70. The number of allylic oxidation sites excluding steroid dienone is 1. The lowest BCUT2D eigenvalue weighted by Gasteiger charge is -2.71. The number of ether oxygens (including phenoxy) is 2. The summed E-state index contributed by atoms with van der Waals surface area (Å²) >= 11 is 0. The lowest BCUT2D eigenvalue weighted by molar-refractivity contribution is -0.299. The Morgan fingerprint density at radius 1 is 0.917 bits per heavy atom. The molecule has 0 radical (unpaired) electrons. The molecule has 12 heteroatoms. The molecule has 5 fully saturated rings. The molecule has 8 N–H and O–H groups in total. The third kappa shape index (κ3) is 4.49. The van der Waals surface area contributed by atoms with Gasteiger partial charge in [0.1, 0.15) is 24.4 Å². The van der Waals surface area contributed by atoms with Crippen molar-refractivity contribution in [1.82, 2.24) is 0 Å². The number of carboxylic acid groups (broad SMARTS) is 1. The molecule has 1 saturated heterocycles. The number of fused-ring (bicyclic) bond motifs is 7. The van der Waals surface area contributed by atoms with Crippen molar-refractivity contribution in [2.45, 2.75) is 141 Å². The first kappa shape index (κ1) is 36.2. The number of rotatable bonds is 4. The molecule has 272 valence electrons. The van der Waals surface area contributed by atoms with E-state index in [1.165, 1.54) is 0 Å². The summed E-state index contributed by atoms with van der Waals surface area (Å²) in [7, 11) is 0. The van der Waals surface area contributed by atoms with E-state index in [2.05, 4.69) is 26.8 Å². The molecule has 5 aliphatic carbocycles. The minimum atomic E-state index is -1.75. The average molecular weight is 681 g/mol. The Morgan fingerprint density at radius 3 is 2.21 bits per heavy atom. The van der Waals surface area contributed by atoms with Crippen LogP contribution in [0, 0.1) is 50.7 Å².